The molecule has 0 aromatic heterocycles. The van der Waals surface area contributed by atoms with Crippen molar-refractivity contribution in [2.75, 3.05) is 18.9 Å². The Kier molecular flexibility index (Phi) is 3.13. The van der Waals surface area contributed by atoms with Crippen LogP contribution in [0.2, 0.25) is 5.02 Å². The quantitative estimate of drug-likeness (QED) is 0.869. The van der Waals surface area contributed by atoms with E-state index < -0.39 is 0 Å². The third-order valence-corrected chi connectivity index (χ3v) is 3.88. The fourth-order valence-corrected chi connectivity index (χ4v) is 2.48. The topological polar surface area (TPSA) is 15.3 Å². The van der Waals surface area contributed by atoms with E-state index in [1.807, 2.05) is 19.2 Å². The molecule has 0 bridgehead atoms. The molecule has 1 aliphatic rings. The number of anilines is 1. The minimum atomic E-state index is 0.341. The first-order valence-corrected chi connectivity index (χ1v) is 6.12. The predicted octanol–water partition coefficient (Wildman–Crippen LogP) is 3.37. The lowest BCUT2D eigenvalue weighted by Gasteiger charge is -2.48. The largest absolute Gasteiger partial charge is 0.387 e. The Morgan fingerprint density at radius 2 is 2.19 bits per heavy atom. The molecular formula is C13H19ClN2. The van der Waals surface area contributed by atoms with Crippen LogP contribution in [-0.2, 0) is 6.54 Å². The van der Waals surface area contributed by atoms with Crippen molar-refractivity contribution < 1.29 is 0 Å². The molecule has 0 amide bonds. The Hall–Kier alpha value is -0.730. The SMILES string of the molecule is CNc1c(Cl)cccc1CN1CCC1(C)C. The van der Waals surface area contributed by atoms with Crippen molar-refractivity contribution in [3.05, 3.63) is 28.8 Å². The summed E-state index contributed by atoms with van der Waals surface area (Å²) in [6.07, 6.45) is 1.28. The maximum absolute atomic E-state index is 6.16. The Balaban J connectivity index is 2.18. The average Bonchev–Trinajstić information content (AvgIpc) is 2.24. The zero-order valence-corrected chi connectivity index (χ0v) is 10.9. The number of nitrogens with zero attached hydrogens (tertiary/aromatic N) is 1. The van der Waals surface area contributed by atoms with Crippen LogP contribution in [0.15, 0.2) is 18.2 Å². The highest BCUT2D eigenvalue weighted by Crippen LogP contribution is 2.34. The molecule has 1 heterocycles. The van der Waals surface area contributed by atoms with Crippen molar-refractivity contribution in [1.82, 2.24) is 4.90 Å². The van der Waals surface area contributed by atoms with Gasteiger partial charge in [-0.15, -0.1) is 0 Å². The van der Waals surface area contributed by atoms with Crippen LogP contribution in [0, 0.1) is 0 Å². The molecule has 1 aliphatic heterocycles. The van der Waals surface area contributed by atoms with Gasteiger partial charge in [-0.25, -0.2) is 0 Å². The van der Waals surface area contributed by atoms with Gasteiger partial charge >= 0.3 is 0 Å². The summed E-state index contributed by atoms with van der Waals surface area (Å²) in [4.78, 5) is 2.49. The average molecular weight is 239 g/mol. The molecule has 1 aromatic rings. The standard InChI is InChI=1S/C13H19ClN2/c1-13(2)7-8-16(13)9-10-5-4-6-11(14)12(10)15-3/h4-6,15H,7-9H2,1-3H3. The highest BCUT2D eigenvalue weighted by molar-refractivity contribution is 6.33. The van der Waals surface area contributed by atoms with Crippen molar-refractivity contribution in [2.24, 2.45) is 0 Å². The summed E-state index contributed by atoms with van der Waals surface area (Å²) in [6.45, 7) is 6.74. The lowest BCUT2D eigenvalue weighted by Crippen LogP contribution is -2.54. The predicted molar refractivity (Wildman–Crippen MR) is 70.1 cm³/mol. The summed E-state index contributed by atoms with van der Waals surface area (Å²) in [6, 6.07) is 6.09. The molecule has 0 radical (unpaired) electrons. The van der Waals surface area contributed by atoms with E-state index in [4.69, 9.17) is 11.6 Å². The minimum Gasteiger partial charge on any atom is -0.387 e. The molecule has 3 heteroatoms. The molecule has 16 heavy (non-hydrogen) atoms. The van der Waals surface area contributed by atoms with Gasteiger partial charge in [-0.05, 0) is 31.9 Å². The third kappa shape index (κ3) is 2.04. The van der Waals surface area contributed by atoms with Crippen LogP contribution in [0.1, 0.15) is 25.8 Å². The van der Waals surface area contributed by atoms with Crippen LogP contribution in [-0.4, -0.2) is 24.0 Å². The van der Waals surface area contributed by atoms with Crippen molar-refractivity contribution in [3.8, 4) is 0 Å². The smallest absolute Gasteiger partial charge is 0.0640 e. The van der Waals surface area contributed by atoms with Crippen molar-refractivity contribution in [3.63, 3.8) is 0 Å². The van der Waals surface area contributed by atoms with Gasteiger partial charge in [0.15, 0.2) is 0 Å². The van der Waals surface area contributed by atoms with Crippen LogP contribution in [0.3, 0.4) is 0 Å². The van der Waals surface area contributed by atoms with Gasteiger partial charge in [0.25, 0.3) is 0 Å². The number of nitrogens with one attached hydrogen (secondary N) is 1. The van der Waals surface area contributed by atoms with E-state index in [9.17, 15) is 0 Å². The molecule has 0 aliphatic carbocycles. The summed E-state index contributed by atoms with van der Waals surface area (Å²) < 4.78 is 0. The van der Waals surface area contributed by atoms with E-state index in [1.165, 1.54) is 18.5 Å². The van der Waals surface area contributed by atoms with E-state index in [-0.39, 0.29) is 0 Å². The van der Waals surface area contributed by atoms with Crippen molar-refractivity contribution >= 4 is 17.3 Å². The number of likely N-dealkylation sites (tertiary alicyclic amines) is 1. The Bertz CT molecular complexity index is 388. The second kappa shape index (κ2) is 4.27. The monoisotopic (exact) mass is 238 g/mol. The zero-order chi connectivity index (χ0) is 11.8. The molecule has 88 valence electrons. The molecule has 1 aromatic carbocycles. The summed E-state index contributed by atoms with van der Waals surface area (Å²) in [7, 11) is 1.92. The molecule has 0 unspecified atom stereocenters. The lowest BCUT2D eigenvalue weighted by molar-refractivity contribution is 0.00812. The number of hydrogen-bond acceptors (Lipinski definition) is 2. The van der Waals surface area contributed by atoms with Crippen LogP contribution >= 0.6 is 11.6 Å². The second-order valence-corrected chi connectivity index (χ2v) is 5.42. The van der Waals surface area contributed by atoms with Crippen LogP contribution in [0.5, 0.6) is 0 Å². The maximum Gasteiger partial charge on any atom is 0.0640 e. The number of rotatable bonds is 3. The summed E-state index contributed by atoms with van der Waals surface area (Å²) >= 11 is 6.16. The van der Waals surface area contributed by atoms with Gasteiger partial charge in [-0.2, -0.15) is 0 Å². The molecular weight excluding hydrogens is 220 g/mol. The molecule has 2 rings (SSSR count). The minimum absolute atomic E-state index is 0.341. The summed E-state index contributed by atoms with van der Waals surface area (Å²) in [5.41, 5.74) is 2.68. The van der Waals surface area contributed by atoms with Gasteiger partial charge in [-0.1, -0.05) is 23.7 Å². The van der Waals surface area contributed by atoms with Gasteiger partial charge < -0.3 is 5.32 Å². The third-order valence-electron chi connectivity index (χ3n) is 3.56. The molecule has 2 nitrogen and oxygen atoms in total. The van der Waals surface area contributed by atoms with E-state index in [0.29, 0.717) is 5.54 Å². The zero-order valence-electron chi connectivity index (χ0n) is 10.2. The Morgan fingerprint density at radius 1 is 1.44 bits per heavy atom. The number of hydrogen-bond donors (Lipinski definition) is 1. The fourth-order valence-electron chi connectivity index (χ4n) is 2.20. The van der Waals surface area contributed by atoms with E-state index in [2.05, 4.69) is 30.1 Å². The molecule has 1 fully saturated rings. The van der Waals surface area contributed by atoms with E-state index >= 15 is 0 Å². The first-order valence-electron chi connectivity index (χ1n) is 5.75. The van der Waals surface area contributed by atoms with Gasteiger partial charge in [0.05, 0.1) is 10.7 Å². The molecule has 0 spiro atoms. The van der Waals surface area contributed by atoms with Crippen LogP contribution < -0.4 is 5.32 Å². The van der Waals surface area contributed by atoms with Gasteiger partial charge in [0, 0.05) is 25.7 Å². The lowest BCUT2D eigenvalue weighted by atomic mass is 9.88. The first-order chi connectivity index (χ1) is 7.54. The molecule has 1 saturated heterocycles. The van der Waals surface area contributed by atoms with Crippen LogP contribution in [0.25, 0.3) is 0 Å². The number of para-hydroxylation sites is 1. The van der Waals surface area contributed by atoms with Crippen molar-refractivity contribution in [1.29, 1.82) is 0 Å². The molecule has 0 atom stereocenters. The second-order valence-electron chi connectivity index (χ2n) is 5.01. The van der Waals surface area contributed by atoms with Crippen LogP contribution in [0.4, 0.5) is 5.69 Å². The molecule has 1 N–H and O–H groups in total. The normalized spacial score (nSPS) is 19.2. The summed E-state index contributed by atoms with van der Waals surface area (Å²) in [5, 5.41) is 3.99. The van der Waals surface area contributed by atoms with Gasteiger partial charge in [-0.3, -0.25) is 4.90 Å². The van der Waals surface area contributed by atoms with Gasteiger partial charge in [0.1, 0.15) is 0 Å². The Morgan fingerprint density at radius 3 is 2.69 bits per heavy atom. The number of benzene rings is 1. The van der Waals surface area contributed by atoms with E-state index in [1.54, 1.807) is 0 Å². The fraction of sp³-hybridized carbons (Fsp3) is 0.538. The first kappa shape index (κ1) is 11.7. The van der Waals surface area contributed by atoms with Crippen molar-refractivity contribution in [2.45, 2.75) is 32.4 Å². The van der Waals surface area contributed by atoms with E-state index in [0.717, 1.165) is 17.3 Å². The van der Waals surface area contributed by atoms with Gasteiger partial charge in [0.2, 0.25) is 0 Å². The number of halogens is 1. The highest BCUT2D eigenvalue weighted by atomic mass is 35.5. The Labute approximate surface area is 103 Å². The highest BCUT2D eigenvalue weighted by Gasteiger charge is 2.35. The molecule has 0 saturated carbocycles. The maximum atomic E-state index is 6.16. The summed E-state index contributed by atoms with van der Waals surface area (Å²) in [5.74, 6) is 0.